The molecular formula is C28H29FN6O3. The number of amides is 1. The van der Waals surface area contributed by atoms with Gasteiger partial charge in [0.25, 0.3) is 5.91 Å². The lowest BCUT2D eigenvalue weighted by atomic mass is 10.0. The van der Waals surface area contributed by atoms with Gasteiger partial charge in [-0.05, 0) is 44.7 Å². The molecule has 196 valence electrons. The number of likely N-dealkylation sites (N-methyl/N-ethyl adjacent to an activating group) is 1. The summed E-state index contributed by atoms with van der Waals surface area (Å²) in [5, 5.41) is 1.13. The fraction of sp³-hybridized carbons (Fsp3) is 0.321. The summed E-state index contributed by atoms with van der Waals surface area (Å²) in [6.45, 7) is 7.12. The average Bonchev–Trinajstić information content (AvgIpc) is 2.91. The van der Waals surface area contributed by atoms with Crippen molar-refractivity contribution in [3.63, 3.8) is 0 Å². The summed E-state index contributed by atoms with van der Waals surface area (Å²) in [6.07, 6.45) is 1.54. The highest BCUT2D eigenvalue weighted by atomic mass is 19.1. The molecule has 6 rings (SSSR count). The van der Waals surface area contributed by atoms with Gasteiger partial charge >= 0.3 is 0 Å². The van der Waals surface area contributed by atoms with Gasteiger partial charge in [-0.25, -0.2) is 9.37 Å². The molecule has 4 heterocycles. The normalized spacial score (nSPS) is 17.5. The second-order valence-corrected chi connectivity index (χ2v) is 10.1. The first-order valence-electron chi connectivity index (χ1n) is 12.7. The van der Waals surface area contributed by atoms with Gasteiger partial charge in [0.2, 0.25) is 5.43 Å². The molecule has 1 atom stereocenters. The molecule has 0 radical (unpaired) electrons. The number of nitrogens with zero attached hydrogens (tertiary/aromatic N) is 4. The van der Waals surface area contributed by atoms with E-state index >= 15 is 4.39 Å². The number of rotatable bonds is 4. The number of benzene rings is 2. The quantitative estimate of drug-likeness (QED) is 0.402. The zero-order valence-electron chi connectivity index (χ0n) is 21.5. The fourth-order valence-corrected chi connectivity index (χ4v) is 5.30. The number of aromatic nitrogens is 2. The van der Waals surface area contributed by atoms with Crippen molar-refractivity contribution in [3.05, 3.63) is 69.8 Å². The van der Waals surface area contributed by atoms with Gasteiger partial charge in [-0.15, -0.1) is 0 Å². The van der Waals surface area contributed by atoms with Gasteiger partial charge in [0.15, 0.2) is 11.6 Å². The Morgan fingerprint density at radius 3 is 2.68 bits per heavy atom. The van der Waals surface area contributed by atoms with Crippen molar-refractivity contribution in [1.82, 2.24) is 19.9 Å². The molecule has 2 N–H and O–H groups in total. The van der Waals surface area contributed by atoms with E-state index < -0.39 is 17.2 Å². The molecule has 0 saturated carbocycles. The number of ether oxygens (including phenoxy) is 1. The van der Waals surface area contributed by atoms with E-state index in [1.165, 1.54) is 6.07 Å². The molecule has 1 fully saturated rings. The van der Waals surface area contributed by atoms with Gasteiger partial charge in [0.05, 0.1) is 22.5 Å². The van der Waals surface area contributed by atoms with Gasteiger partial charge in [-0.1, -0.05) is 18.2 Å². The molecular weight excluding hydrogens is 487 g/mol. The fourth-order valence-electron chi connectivity index (χ4n) is 5.30. The zero-order chi connectivity index (χ0) is 26.6. The van der Waals surface area contributed by atoms with Crippen LogP contribution in [0.3, 0.4) is 0 Å². The number of pyridine rings is 2. The molecule has 2 aromatic heterocycles. The molecule has 10 heteroatoms. The van der Waals surface area contributed by atoms with Crippen molar-refractivity contribution < 1.29 is 13.9 Å². The van der Waals surface area contributed by atoms with Crippen LogP contribution in [0.1, 0.15) is 28.9 Å². The van der Waals surface area contributed by atoms with E-state index in [0.29, 0.717) is 42.5 Å². The van der Waals surface area contributed by atoms with E-state index in [1.54, 1.807) is 6.20 Å². The van der Waals surface area contributed by atoms with Gasteiger partial charge in [0.1, 0.15) is 23.7 Å². The first-order chi connectivity index (χ1) is 18.3. The van der Waals surface area contributed by atoms with E-state index in [1.807, 2.05) is 60.7 Å². The molecule has 9 nitrogen and oxygen atoms in total. The van der Waals surface area contributed by atoms with Crippen molar-refractivity contribution >= 4 is 39.2 Å². The van der Waals surface area contributed by atoms with Crippen LogP contribution in [0.4, 0.5) is 15.9 Å². The molecule has 0 bridgehead atoms. The predicted octanol–water partition coefficient (Wildman–Crippen LogP) is 3.46. The molecule has 0 spiro atoms. The standard InChI is InChI=1S/C28H29FN6O3/c1-16-12-23(30-22-7-5-4-6-18(16)22)31-32-28(37)20-14-35-17(2)15-38-27-24(35)19(26(20)36)13-21(29)25(27)34-10-8-33(3)9-11-34/h4-7,12-14,17H,8-11,15H2,1-3H3,(H,30,31)(H,32,37). The Kier molecular flexibility index (Phi) is 5.91. The highest BCUT2D eigenvalue weighted by Crippen LogP contribution is 2.42. The number of hydrogen-bond acceptors (Lipinski definition) is 7. The van der Waals surface area contributed by atoms with E-state index in [4.69, 9.17) is 4.74 Å². The van der Waals surface area contributed by atoms with Crippen LogP contribution >= 0.6 is 0 Å². The van der Waals surface area contributed by atoms with Crippen LogP contribution in [0, 0.1) is 12.7 Å². The number of piperazine rings is 1. The lowest BCUT2D eigenvalue weighted by molar-refractivity contribution is 0.0960. The molecule has 2 aromatic carbocycles. The maximum atomic E-state index is 15.5. The summed E-state index contributed by atoms with van der Waals surface area (Å²) in [7, 11) is 2.03. The summed E-state index contributed by atoms with van der Waals surface area (Å²) in [4.78, 5) is 35.4. The lowest BCUT2D eigenvalue weighted by Gasteiger charge is -2.37. The summed E-state index contributed by atoms with van der Waals surface area (Å²) in [5.41, 5.74) is 7.44. The average molecular weight is 517 g/mol. The van der Waals surface area contributed by atoms with Crippen molar-refractivity contribution in [2.75, 3.05) is 50.2 Å². The topological polar surface area (TPSA) is 91.7 Å². The smallest absolute Gasteiger partial charge is 0.275 e. The Morgan fingerprint density at radius 2 is 1.89 bits per heavy atom. The van der Waals surface area contributed by atoms with Gasteiger partial charge in [0, 0.05) is 37.8 Å². The minimum absolute atomic E-state index is 0.0889. The Balaban J connectivity index is 1.37. The van der Waals surface area contributed by atoms with Crippen LogP contribution in [-0.4, -0.2) is 60.2 Å². The first kappa shape index (κ1) is 24.2. The number of carbonyl (C=O) groups is 1. The largest absolute Gasteiger partial charge is 0.487 e. The predicted molar refractivity (Wildman–Crippen MR) is 146 cm³/mol. The number of hydrogen-bond donors (Lipinski definition) is 2. The summed E-state index contributed by atoms with van der Waals surface area (Å²) < 4.78 is 23.4. The van der Waals surface area contributed by atoms with Crippen LogP contribution in [-0.2, 0) is 0 Å². The number of para-hydroxylation sites is 1. The van der Waals surface area contributed by atoms with Crippen LogP contribution in [0.5, 0.6) is 5.75 Å². The lowest BCUT2D eigenvalue weighted by Crippen LogP contribution is -2.45. The number of anilines is 2. The minimum atomic E-state index is -0.628. The third-order valence-electron chi connectivity index (χ3n) is 7.43. The summed E-state index contributed by atoms with van der Waals surface area (Å²) in [6, 6.07) is 10.6. The minimum Gasteiger partial charge on any atom is -0.487 e. The van der Waals surface area contributed by atoms with Crippen molar-refractivity contribution in [2.24, 2.45) is 0 Å². The SMILES string of the molecule is Cc1cc(NNC(=O)c2cn3c4c(c(N5CCN(C)CC5)c(F)cc4c2=O)OCC3C)nc2ccccc12. The van der Waals surface area contributed by atoms with Crippen LogP contribution in [0.2, 0.25) is 0 Å². The Labute approximate surface area is 218 Å². The maximum Gasteiger partial charge on any atom is 0.275 e. The van der Waals surface area contributed by atoms with Gasteiger partial charge in [-0.3, -0.25) is 20.4 Å². The van der Waals surface area contributed by atoms with E-state index in [0.717, 1.165) is 29.6 Å². The molecule has 2 aliphatic heterocycles. The molecule has 1 unspecified atom stereocenters. The Morgan fingerprint density at radius 1 is 1.13 bits per heavy atom. The summed E-state index contributed by atoms with van der Waals surface area (Å²) in [5.74, 6) is -0.344. The number of nitrogens with one attached hydrogen (secondary N) is 2. The van der Waals surface area contributed by atoms with Gasteiger partial charge in [-0.2, -0.15) is 0 Å². The van der Waals surface area contributed by atoms with Crippen molar-refractivity contribution in [2.45, 2.75) is 19.9 Å². The first-order valence-corrected chi connectivity index (χ1v) is 12.7. The zero-order valence-corrected chi connectivity index (χ0v) is 21.5. The Bertz CT molecular complexity index is 1640. The van der Waals surface area contributed by atoms with Gasteiger partial charge < -0.3 is 19.1 Å². The van der Waals surface area contributed by atoms with E-state index in [2.05, 4.69) is 20.7 Å². The molecule has 1 amide bonds. The van der Waals surface area contributed by atoms with E-state index in [-0.39, 0.29) is 17.0 Å². The number of aryl methyl sites for hydroxylation is 1. The third-order valence-corrected chi connectivity index (χ3v) is 7.43. The van der Waals surface area contributed by atoms with E-state index in [9.17, 15) is 9.59 Å². The molecule has 2 aliphatic rings. The monoisotopic (exact) mass is 516 g/mol. The Hall–Kier alpha value is -4.18. The number of hydrazine groups is 1. The molecule has 1 saturated heterocycles. The van der Waals surface area contributed by atoms with Crippen LogP contribution in [0.25, 0.3) is 21.8 Å². The summed E-state index contributed by atoms with van der Waals surface area (Å²) >= 11 is 0. The number of fused-ring (bicyclic) bond motifs is 1. The highest BCUT2D eigenvalue weighted by molar-refractivity contribution is 6.00. The highest BCUT2D eigenvalue weighted by Gasteiger charge is 2.31. The second-order valence-electron chi connectivity index (χ2n) is 10.1. The number of halogens is 1. The molecule has 0 aliphatic carbocycles. The second kappa shape index (κ2) is 9.29. The number of carbonyl (C=O) groups excluding carboxylic acids is 1. The maximum absolute atomic E-state index is 15.5. The molecule has 4 aromatic rings. The van der Waals surface area contributed by atoms with Crippen LogP contribution < -0.4 is 25.9 Å². The third kappa shape index (κ3) is 4.01. The van der Waals surface area contributed by atoms with Crippen LogP contribution in [0.15, 0.2) is 47.4 Å². The molecule has 38 heavy (non-hydrogen) atoms. The van der Waals surface area contributed by atoms with Crippen molar-refractivity contribution in [3.8, 4) is 5.75 Å². The van der Waals surface area contributed by atoms with Crippen molar-refractivity contribution in [1.29, 1.82) is 0 Å².